The van der Waals surface area contributed by atoms with Crippen molar-refractivity contribution >= 4 is 11.8 Å². The fourth-order valence-corrected chi connectivity index (χ4v) is 1.55. The van der Waals surface area contributed by atoms with Crippen molar-refractivity contribution in [3.8, 4) is 0 Å². The number of ether oxygens (including phenoxy) is 1. The second kappa shape index (κ2) is 5.17. The molecule has 0 bridgehead atoms. The van der Waals surface area contributed by atoms with Gasteiger partial charge < -0.3 is 9.84 Å². The molecular weight excluding hydrogens is 249 g/mol. The smallest absolute Gasteiger partial charge is 0.412 e. The van der Waals surface area contributed by atoms with Crippen LogP contribution in [0.1, 0.15) is 40.2 Å². The SMILES string of the molecule is CC(C)(C)OC(=O)Nc1ccc(F)cc1C(C)(C)O. The van der Waals surface area contributed by atoms with Gasteiger partial charge in [-0.05, 0) is 52.8 Å². The molecule has 1 aromatic rings. The number of hydrogen-bond acceptors (Lipinski definition) is 3. The van der Waals surface area contributed by atoms with Crippen LogP contribution in [0.4, 0.5) is 14.9 Å². The fourth-order valence-electron chi connectivity index (χ4n) is 1.55. The fraction of sp³-hybridized carbons (Fsp3) is 0.500. The van der Waals surface area contributed by atoms with Crippen LogP contribution in [-0.2, 0) is 10.3 Å². The highest BCUT2D eigenvalue weighted by Gasteiger charge is 2.23. The second-order valence-electron chi connectivity index (χ2n) is 5.88. The zero-order valence-electron chi connectivity index (χ0n) is 11.9. The first-order valence-electron chi connectivity index (χ1n) is 6.01. The molecular formula is C14H20FNO3. The maximum absolute atomic E-state index is 13.2. The summed E-state index contributed by atoms with van der Waals surface area (Å²) < 4.78 is 18.3. The summed E-state index contributed by atoms with van der Waals surface area (Å²) in [7, 11) is 0. The van der Waals surface area contributed by atoms with Crippen molar-refractivity contribution in [1.29, 1.82) is 0 Å². The first-order chi connectivity index (χ1) is 8.49. The van der Waals surface area contributed by atoms with Crippen LogP contribution in [0.15, 0.2) is 18.2 Å². The molecule has 5 heteroatoms. The molecule has 0 aliphatic carbocycles. The maximum atomic E-state index is 13.2. The van der Waals surface area contributed by atoms with E-state index in [0.717, 1.165) is 0 Å². The topological polar surface area (TPSA) is 58.6 Å². The van der Waals surface area contributed by atoms with Crippen molar-refractivity contribution in [2.45, 2.75) is 45.8 Å². The molecule has 0 aromatic heterocycles. The third kappa shape index (κ3) is 4.87. The molecule has 0 spiro atoms. The summed E-state index contributed by atoms with van der Waals surface area (Å²) in [5, 5.41) is 12.5. The van der Waals surface area contributed by atoms with Crippen molar-refractivity contribution in [2.24, 2.45) is 0 Å². The minimum Gasteiger partial charge on any atom is -0.444 e. The normalized spacial score (nSPS) is 12.2. The Labute approximate surface area is 112 Å². The van der Waals surface area contributed by atoms with Crippen LogP contribution in [0.2, 0.25) is 0 Å². The highest BCUT2D eigenvalue weighted by molar-refractivity contribution is 5.86. The third-order valence-electron chi connectivity index (χ3n) is 2.28. The van der Waals surface area contributed by atoms with Crippen LogP contribution < -0.4 is 5.32 Å². The van der Waals surface area contributed by atoms with Crippen LogP contribution in [0.5, 0.6) is 0 Å². The van der Waals surface area contributed by atoms with E-state index in [1.54, 1.807) is 20.8 Å². The summed E-state index contributed by atoms with van der Waals surface area (Å²) in [6.45, 7) is 8.26. The van der Waals surface area contributed by atoms with E-state index in [0.29, 0.717) is 11.3 Å². The Morgan fingerprint density at radius 1 is 1.26 bits per heavy atom. The number of hydrogen-bond donors (Lipinski definition) is 2. The lowest BCUT2D eigenvalue weighted by Crippen LogP contribution is -2.28. The molecule has 1 aromatic carbocycles. The minimum atomic E-state index is -1.27. The Morgan fingerprint density at radius 3 is 2.32 bits per heavy atom. The van der Waals surface area contributed by atoms with Crippen molar-refractivity contribution in [1.82, 2.24) is 0 Å². The molecule has 4 nitrogen and oxygen atoms in total. The summed E-state index contributed by atoms with van der Waals surface area (Å²) in [5.41, 5.74) is -1.28. The van der Waals surface area contributed by atoms with Crippen LogP contribution in [0.25, 0.3) is 0 Å². The van der Waals surface area contributed by atoms with Gasteiger partial charge in [0.25, 0.3) is 0 Å². The number of anilines is 1. The van der Waals surface area contributed by atoms with Gasteiger partial charge in [0.05, 0.1) is 11.3 Å². The molecule has 0 aliphatic rings. The third-order valence-corrected chi connectivity index (χ3v) is 2.28. The lowest BCUT2D eigenvalue weighted by molar-refractivity contribution is 0.0632. The summed E-state index contributed by atoms with van der Waals surface area (Å²) in [4.78, 5) is 11.7. The van der Waals surface area contributed by atoms with Gasteiger partial charge in [-0.3, -0.25) is 5.32 Å². The van der Waals surface area contributed by atoms with E-state index in [-0.39, 0.29) is 0 Å². The molecule has 106 valence electrons. The first-order valence-corrected chi connectivity index (χ1v) is 6.01. The number of rotatable bonds is 2. The number of aliphatic hydroxyl groups is 1. The molecule has 2 N–H and O–H groups in total. The number of halogens is 1. The van der Waals surface area contributed by atoms with Crippen LogP contribution in [0, 0.1) is 5.82 Å². The van der Waals surface area contributed by atoms with Gasteiger partial charge in [-0.1, -0.05) is 0 Å². The Bertz CT molecular complexity index is 473. The van der Waals surface area contributed by atoms with Crippen LogP contribution in [-0.4, -0.2) is 16.8 Å². The zero-order chi connectivity index (χ0) is 14.8. The zero-order valence-corrected chi connectivity index (χ0v) is 11.9. The molecule has 0 aliphatic heterocycles. The molecule has 1 amide bonds. The lowest BCUT2D eigenvalue weighted by Gasteiger charge is -2.24. The lowest BCUT2D eigenvalue weighted by atomic mass is 9.96. The average Bonchev–Trinajstić information content (AvgIpc) is 2.16. The highest BCUT2D eigenvalue weighted by Crippen LogP contribution is 2.28. The van der Waals surface area contributed by atoms with Crippen LogP contribution >= 0.6 is 0 Å². The van der Waals surface area contributed by atoms with Crippen molar-refractivity contribution in [3.63, 3.8) is 0 Å². The number of benzene rings is 1. The van der Waals surface area contributed by atoms with Gasteiger partial charge in [0.2, 0.25) is 0 Å². The van der Waals surface area contributed by atoms with Crippen molar-refractivity contribution in [3.05, 3.63) is 29.6 Å². The molecule has 0 saturated heterocycles. The van der Waals surface area contributed by atoms with Gasteiger partial charge >= 0.3 is 6.09 Å². The van der Waals surface area contributed by atoms with E-state index in [2.05, 4.69) is 5.32 Å². The van der Waals surface area contributed by atoms with E-state index < -0.39 is 23.1 Å². The van der Waals surface area contributed by atoms with E-state index in [1.807, 2.05) is 0 Å². The minimum absolute atomic E-state index is 0.290. The molecule has 0 unspecified atom stereocenters. The quantitative estimate of drug-likeness (QED) is 0.865. The Balaban J connectivity index is 2.99. The molecule has 19 heavy (non-hydrogen) atoms. The van der Waals surface area contributed by atoms with Gasteiger partial charge in [0, 0.05) is 5.56 Å². The molecule has 0 radical (unpaired) electrons. The van der Waals surface area contributed by atoms with E-state index in [4.69, 9.17) is 4.74 Å². The van der Waals surface area contributed by atoms with Gasteiger partial charge in [0.15, 0.2) is 0 Å². The second-order valence-corrected chi connectivity index (χ2v) is 5.88. The molecule has 1 rings (SSSR count). The van der Waals surface area contributed by atoms with Gasteiger partial charge in [0.1, 0.15) is 11.4 Å². The number of amides is 1. The van der Waals surface area contributed by atoms with Gasteiger partial charge in [-0.15, -0.1) is 0 Å². The van der Waals surface area contributed by atoms with Crippen molar-refractivity contribution < 1.29 is 19.0 Å². The molecule has 0 fully saturated rings. The van der Waals surface area contributed by atoms with E-state index in [1.165, 1.54) is 32.0 Å². The summed E-state index contributed by atoms with van der Waals surface area (Å²) in [6.07, 6.45) is -0.649. The number of nitrogens with one attached hydrogen (secondary N) is 1. The Morgan fingerprint density at radius 2 is 1.84 bits per heavy atom. The average molecular weight is 269 g/mol. The highest BCUT2D eigenvalue weighted by atomic mass is 19.1. The number of carbonyl (C=O) groups is 1. The Hall–Kier alpha value is -1.62. The summed E-state index contributed by atoms with van der Waals surface area (Å²) in [5.74, 6) is -0.480. The van der Waals surface area contributed by atoms with E-state index >= 15 is 0 Å². The summed E-state index contributed by atoms with van der Waals surface area (Å²) in [6, 6.07) is 3.79. The molecule has 0 heterocycles. The Kier molecular flexibility index (Phi) is 4.20. The van der Waals surface area contributed by atoms with Gasteiger partial charge in [-0.2, -0.15) is 0 Å². The monoisotopic (exact) mass is 269 g/mol. The first kappa shape index (κ1) is 15.4. The largest absolute Gasteiger partial charge is 0.444 e. The number of carbonyl (C=O) groups excluding carboxylic acids is 1. The van der Waals surface area contributed by atoms with Crippen molar-refractivity contribution in [2.75, 3.05) is 5.32 Å². The standard InChI is InChI=1S/C14H20FNO3/c1-13(2,3)19-12(17)16-11-7-6-9(15)8-10(11)14(4,5)18/h6-8,18H,1-5H3,(H,16,17). The summed E-state index contributed by atoms with van der Waals surface area (Å²) >= 11 is 0. The van der Waals surface area contributed by atoms with Crippen LogP contribution in [0.3, 0.4) is 0 Å². The predicted molar refractivity (Wildman–Crippen MR) is 71.5 cm³/mol. The predicted octanol–water partition coefficient (Wildman–Crippen LogP) is 3.40. The maximum Gasteiger partial charge on any atom is 0.412 e. The molecule has 0 saturated carbocycles. The van der Waals surface area contributed by atoms with Gasteiger partial charge in [-0.25, -0.2) is 9.18 Å². The molecule has 0 atom stereocenters. The van der Waals surface area contributed by atoms with E-state index in [9.17, 15) is 14.3 Å².